The summed E-state index contributed by atoms with van der Waals surface area (Å²) in [6.45, 7) is 0. The maximum absolute atomic E-state index is 13.2. The van der Waals surface area contributed by atoms with E-state index in [4.69, 9.17) is 9.15 Å². The number of rotatable bonds is 5. The number of hydrogen-bond donors (Lipinski definition) is 1. The van der Waals surface area contributed by atoms with Gasteiger partial charge >= 0.3 is 5.97 Å². The highest BCUT2D eigenvalue weighted by molar-refractivity contribution is 5.94. The number of benzene rings is 2. The number of amides is 1. The van der Waals surface area contributed by atoms with Crippen molar-refractivity contribution in [3.05, 3.63) is 71.7 Å². The van der Waals surface area contributed by atoms with Crippen molar-refractivity contribution in [2.24, 2.45) is 0 Å². The van der Waals surface area contributed by atoms with E-state index in [1.807, 2.05) is 12.1 Å². The molecular weight excluding hydrogens is 337 g/mol. The lowest BCUT2D eigenvalue weighted by Crippen LogP contribution is -2.33. The zero-order chi connectivity index (χ0) is 18.1. The van der Waals surface area contributed by atoms with E-state index in [1.54, 1.807) is 18.2 Å². The predicted molar refractivity (Wildman–Crippen MR) is 91.9 cm³/mol. The number of fused-ring (bicyclic) bond motifs is 1. The number of nitrogens with one attached hydrogen (secondary N) is 1. The lowest BCUT2D eigenvalue weighted by Gasteiger charge is -2.17. The van der Waals surface area contributed by atoms with Gasteiger partial charge in [-0.3, -0.25) is 4.79 Å². The fourth-order valence-electron chi connectivity index (χ4n) is 2.66. The second-order valence-corrected chi connectivity index (χ2v) is 6.27. The maximum Gasteiger partial charge on any atom is 0.375 e. The molecule has 2 aromatic carbocycles. The molecule has 1 aliphatic rings. The van der Waals surface area contributed by atoms with Crippen molar-refractivity contribution >= 4 is 22.8 Å². The van der Waals surface area contributed by atoms with Crippen molar-refractivity contribution in [3.63, 3.8) is 0 Å². The molecule has 6 heteroatoms. The largest absolute Gasteiger partial charge is 0.449 e. The third kappa shape index (κ3) is 3.44. The van der Waals surface area contributed by atoms with Crippen LogP contribution in [0.25, 0.3) is 11.0 Å². The first-order valence-electron chi connectivity index (χ1n) is 8.35. The van der Waals surface area contributed by atoms with Gasteiger partial charge in [-0.25, -0.2) is 9.18 Å². The van der Waals surface area contributed by atoms with Gasteiger partial charge in [0.1, 0.15) is 11.4 Å². The minimum absolute atomic E-state index is 0.0116. The van der Waals surface area contributed by atoms with Crippen LogP contribution in [0.2, 0.25) is 0 Å². The van der Waals surface area contributed by atoms with E-state index >= 15 is 0 Å². The summed E-state index contributed by atoms with van der Waals surface area (Å²) in [5.41, 5.74) is 0.953. The van der Waals surface area contributed by atoms with Gasteiger partial charge < -0.3 is 14.5 Å². The van der Waals surface area contributed by atoms with Crippen LogP contribution in [0.5, 0.6) is 0 Å². The van der Waals surface area contributed by atoms with Crippen molar-refractivity contribution < 1.29 is 23.1 Å². The molecule has 26 heavy (non-hydrogen) atoms. The first-order valence-corrected chi connectivity index (χ1v) is 8.35. The summed E-state index contributed by atoms with van der Waals surface area (Å²) in [6, 6.07) is 14.2. The molecule has 0 aliphatic heterocycles. The predicted octanol–water partition coefficient (Wildman–Crippen LogP) is 3.75. The van der Waals surface area contributed by atoms with Gasteiger partial charge in [0.25, 0.3) is 5.91 Å². The van der Waals surface area contributed by atoms with E-state index in [9.17, 15) is 14.0 Å². The van der Waals surface area contributed by atoms with E-state index in [-0.39, 0.29) is 11.8 Å². The summed E-state index contributed by atoms with van der Waals surface area (Å²) in [6.07, 6.45) is 0.635. The third-order valence-electron chi connectivity index (χ3n) is 4.19. The van der Waals surface area contributed by atoms with Crippen LogP contribution in [0.15, 0.2) is 59.0 Å². The van der Waals surface area contributed by atoms with Crippen LogP contribution in [0.4, 0.5) is 4.39 Å². The second-order valence-electron chi connectivity index (χ2n) is 6.27. The molecule has 0 saturated heterocycles. The van der Waals surface area contributed by atoms with Gasteiger partial charge in [0.15, 0.2) is 0 Å². The van der Waals surface area contributed by atoms with E-state index in [1.165, 1.54) is 24.3 Å². The molecule has 0 radical (unpaired) electrons. The van der Waals surface area contributed by atoms with Gasteiger partial charge in [-0.2, -0.15) is 0 Å². The lowest BCUT2D eigenvalue weighted by molar-refractivity contribution is -0.130. The molecule has 5 nitrogen and oxygen atoms in total. The van der Waals surface area contributed by atoms with E-state index < -0.39 is 23.8 Å². The van der Waals surface area contributed by atoms with Crippen LogP contribution in [0, 0.1) is 5.82 Å². The van der Waals surface area contributed by atoms with Crippen molar-refractivity contribution in [1.82, 2.24) is 5.32 Å². The Hall–Kier alpha value is -3.15. The van der Waals surface area contributed by atoms with Crippen molar-refractivity contribution in [2.45, 2.75) is 25.0 Å². The molecule has 1 saturated carbocycles. The monoisotopic (exact) mass is 353 g/mol. The molecule has 1 unspecified atom stereocenters. The fourth-order valence-corrected chi connectivity index (χ4v) is 2.66. The van der Waals surface area contributed by atoms with E-state index in [0.29, 0.717) is 11.1 Å². The maximum atomic E-state index is 13.2. The average Bonchev–Trinajstić information content (AvgIpc) is 3.34. The summed E-state index contributed by atoms with van der Waals surface area (Å²) in [5.74, 6) is -1.60. The summed E-state index contributed by atoms with van der Waals surface area (Å²) in [5, 5.41) is 3.57. The standard InChI is InChI=1S/C20H16FNO4/c21-14-7-5-12(6-8-14)18(19(23)22-15-9-10-15)26-20(24)17-11-13-3-1-2-4-16(13)25-17/h1-8,11,15,18H,9-10H2,(H,22,23). The Morgan fingerprint density at radius 1 is 1.12 bits per heavy atom. The lowest BCUT2D eigenvalue weighted by atomic mass is 10.1. The zero-order valence-corrected chi connectivity index (χ0v) is 13.8. The van der Waals surface area contributed by atoms with Crippen LogP contribution in [-0.4, -0.2) is 17.9 Å². The fraction of sp³-hybridized carbons (Fsp3) is 0.200. The van der Waals surface area contributed by atoms with Crippen LogP contribution in [-0.2, 0) is 9.53 Å². The minimum Gasteiger partial charge on any atom is -0.449 e. The van der Waals surface area contributed by atoms with Crippen molar-refractivity contribution in [1.29, 1.82) is 0 Å². The molecule has 4 rings (SSSR count). The first-order chi connectivity index (χ1) is 12.6. The molecule has 1 heterocycles. The Kier molecular flexibility index (Phi) is 4.16. The molecule has 0 spiro atoms. The highest BCUT2D eigenvalue weighted by atomic mass is 19.1. The molecular formula is C20H16FNO4. The SMILES string of the molecule is O=C(OC(C(=O)NC1CC1)c1ccc(F)cc1)c1cc2ccccc2o1. The molecule has 1 aromatic heterocycles. The van der Waals surface area contributed by atoms with Crippen LogP contribution >= 0.6 is 0 Å². The molecule has 0 bridgehead atoms. The highest BCUT2D eigenvalue weighted by Crippen LogP contribution is 2.26. The molecule has 3 aromatic rings. The number of carbonyl (C=O) groups is 2. The van der Waals surface area contributed by atoms with Crippen LogP contribution in [0.3, 0.4) is 0 Å². The molecule has 1 amide bonds. The molecule has 1 atom stereocenters. The number of esters is 1. The Balaban J connectivity index is 1.59. The summed E-state index contributed by atoms with van der Waals surface area (Å²) in [7, 11) is 0. The van der Waals surface area contributed by atoms with E-state index in [2.05, 4.69) is 5.32 Å². The minimum atomic E-state index is -1.17. The Bertz CT molecular complexity index is 926. The summed E-state index contributed by atoms with van der Waals surface area (Å²) in [4.78, 5) is 25.0. The van der Waals surface area contributed by atoms with Gasteiger partial charge in [0.2, 0.25) is 11.9 Å². The second kappa shape index (κ2) is 6.63. The average molecular weight is 353 g/mol. The molecule has 1 aliphatic carbocycles. The van der Waals surface area contributed by atoms with Crippen molar-refractivity contribution in [3.8, 4) is 0 Å². The number of halogens is 1. The summed E-state index contributed by atoms with van der Waals surface area (Å²) < 4.78 is 24.1. The van der Waals surface area contributed by atoms with Crippen LogP contribution < -0.4 is 5.32 Å². The topological polar surface area (TPSA) is 68.5 Å². The van der Waals surface area contributed by atoms with Gasteiger partial charge in [0.05, 0.1) is 0 Å². The number of carbonyl (C=O) groups excluding carboxylic acids is 2. The smallest absolute Gasteiger partial charge is 0.375 e. The first kappa shape index (κ1) is 16.3. The third-order valence-corrected chi connectivity index (χ3v) is 4.19. The Labute approximate surface area is 148 Å². The Morgan fingerprint density at radius 3 is 2.54 bits per heavy atom. The van der Waals surface area contributed by atoms with Gasteiger partial charge in [-0.15, -0.1) is 0 Å². The normalized spacial score (nSPS) is 14.8. The number of ether oxygens (including phenoxy) is 1. The van der Waals surface area contributed by atoms with E-state index in [0.717, 1.165) is 18.2 Å². The van der Waals surface area contributed by atoms with Crippen molar-refractivity contribution in [2.75, 3.05) is 0 Å². The van der Waals surface area contributed by atoms with Gasteiger partial charge in [-0.05, 0) is 37.1 Å². The highest BCUT2D eigenvalue weighted by Gasteiger charge is 2.31. The number of furan rings is 1. The van der Waals surface area contributed by atoms with Gasteiger partial charge in [0, 0.05) is 17.0 Å². The van der Waals surface area contributed by atoms with Gasteiger partial charge in [-0.1, -0.05) is 30.3 Å². The Morgan fingerprint density at radius 2 is 1.85 bits per heavy atom. The number of hydrogen-bond acceptors (Lipinski definition) is 4. The zero-order valence-electron chi connectivity index (χ0n) is 13.8. The van der Waals surface area contributed by atoms with Crippen LogP contribution in [0.1, 0.15) is 35.1 Å². The quantitative estimate of drug-likeness (QED) is 0.710. The summed E-state index contributed by atoms with van der Waals surface area (Å²) >= 11 is 0. The molecule has 132 valence electrons. The molecule has 1 fully saturated rings. The molecule has 1 N–H and O–H groups in total. The number of para-hydroxylation sites is 1.